The van der Waals surface area contributed by atoms with Gasteiger partial charge in [-0.05, 0) is 30.0 Å². The molecule has 0 saturated heterocycles. The van der Waals surface area contributed by atoms with E-state index in [1.54, 1.807) is 18.8 Å². The van der Waals surface area contributed by atoms with Gasteiger partial charge in [-0.15, -0.1) is 0 Å². The van der Waals surface area contributed by atoms with Crippen LogP contribution in [0.5, 0.6) is 0 Å². The van der Waals surface area contributed by atoms with E-state index >= 15 is 0 Å². The Morgan fingerprint density at radius 2 is 2.04 bits per heavy atom. The number of nitrogens with zero attached hydrogens (tertiary/aromatic N) is 1. The van der Waals surface area contributed by atoms with E-state index in [4.69, 9.17) is 0 Å². The summed E-state index contributed by atoms with van der Waals surface area (Å²) in [6.07, 6.45) is 1.91. The van der Waals surface area contributed by atoms with Gasteiger partial charge in [0.25, 0.3) is 5.91 Å². The molecule has 1 amide bonds. The summed E-state index contributed by atoms with van der Waals surface area (Å²) in [5, 5.41) is 4.51. The van der Waals surface area contributed by atoms with Crippen LogP contribution in [0.1, 0.15) is 10.4 Å². The molecule has 0 unspecified atom stereocenters. The third kappa shape index (κ3) is 2.37. The lowest BCUT2D eigenvalue weighted by Gasteiger charge is -2.02. The van der Waals surface area contributed by atoms with Crippen LogP contribution in [-0.2, 0) is 0 Å². The second-order valence-corrected chi connectivity index (χ2v) is 6.15. The van der Waals surface area contributed by atoms with Crippen molar-refractivity contribution in [3.63, 3.8) is 0 Å². The van der Waals surface area contributed by atoms with Crippen LogP contribution < -0.4 is 5.32 Å². The molecule has 0 aliphatic heterocycles. The summed E-state index contributed by atoms with van der Waals surface area (Å²) in [7, 11) is 1.63. The number of nitrogens with one attached hydrogen (secondary N) is 3. The quantitative estimate of drug-likeness (QED) is 0.540. The first-order chi connectivity index (χ1) is 11.3. The normalized spacial score (nSPS) is 11.2. The first-order valence-electron chi connectivity index (χ1n) is 7.21. The first-order valence-corrected chi connectivity index (χ1v) is 8.02. The van der Waals surface area contributed by atoms with Gasteiger partial charge in [0, 0.05) is 23.5 Å². The molecule has 3 N–H and O–H groups in total. The summed E-state index contributed by atoms with van der Waals surface area (Å²) in [4.78, 5) is 24.1. The Bertz CT molecular complexity index is 985. The average molecular weight is 322 g/mol. The minimum Gasteiger partial charge on any atom is -0.359 e. The highest BCUT2D eigenvalue weighted by molar-refractivity contribution is 7.99. The second kappa shape index (κ2) is 5.48. The molecule has 114 valence electrons. The van der Waals surface area contributed by atoms with Crippen LogP contribution >= 0.6 is 11.8 Å². The summed E-state index contributed by atoms with van der Waals surface area (Å²) in [6, 6.07) is 13.6. The number of hydrogen-bond acceptors (Lipinski definition) is 3. The van der Waals surface area contributed by atoms with Crippen LogP contribution in [0, 0.1) is 0 Å². The van der Waals surface area contributed by atoms with E-state index in [9.17, 15) is 4.79 Å². The van der Waals surface area contributed by atoms with Crippen molar-refractivity contribution in [2.24, 2.45) is 0 Å². The maximum absolute atomic E-state index is 12.0. The molecule has 0 fully saturated rings. The molecule has 0 radical (unpaired) electrons. The van der Waals surface area contributed by atoms with Gasteiger partial charge in [-0.3, -0.25) is 4.79 Å². The Hall–Kier alpha value is -2.73. The zero-order valence-corrected chi connectivity index (χ0v) is 13.2. The zero-order valence-electron chi connectivity index (χ0n) is 12.4. The molecule has 2 aromatic carbocycles. The Morgan fingerprint density at radius 1 is 1.17 bits per heavy atom. The monoisotopic (exact) mass is 322 g/mol. The molecule has 0 aliphatic rings. The number of hydrogen-bond donors (Lipinski definition) is 3. The van der Waals surface area contributed by atoms with Crippen molar-refractivity contribution in [2.45, 2.75) is 10.1 Å². The van der Waals surface area contributed by atoms with Gasteiger partial charge in [-0.1, -0.05) is 24.3 Å². The van der Waals surface area contributed by atoms with E-state index < -0.39 is 0 Å². The third-order valence-electron chi connectivity index (χ3n) is 3.72. The van der Waals surface area contributed by atoms with Crippen molar-refractivity contribution in [1.29, 1.82) is 0 Å². The number of aromatic amines is 2. The fourth-order valence-corrected chi connectivity index (χ4v) is 3.53. The lowest BCUT2D eigenvalue weighted by molar-refractivity contribution is 0.0964. The number of para-hydroxylation sites is 3. The molecule has 6 heteroatoms. The van der Waals surface area contributed by atoms with Crippen LogP contribution in [0.2, 0.25) is 0 Å². The molecule has 4 rings (SSSR count). The van der Waals surface area contributed by atoms with Gasteiger partial charge in [0.15, 0.2) is 5.16 Å². The third-order valence-corrected chi connectivity index (χ3v) is 4.67. The predicted molar refractivity (Wildman–Crippen MR) is 91.9 cm³/mol. The maximum atomic E-state index is 12.0. The molecular formula is C17H14N4OS. The number of benzene rings is 2. The summed E-state index contributed by atoms with van der Waals surface area (Å²) < 4.78 is 0. The van der Waals surface area contributed by atoms with Crippen molar-refractivity contribution in [1.82, 2.24) is 20.3 Å². The minimum atomic E-state index is -0.0993. The number of amides is 1. The van der Waals surface area contributed by atoms with E-state index in [-0.39, 0.29) is 5.91 Å². The molecule has 0 atom stereocenters. The van der Waals surface area contributed by atoms with Gasteiger partial charge in [0.2, 0.25) is 0 Å². The number of aromatic nitrogens is 3. The first kappa shape index (κ1) is 13.9. The molecule has 4 aromatic rings. The minimum absolute atomic E-state index is 0.0993. The number of rotatable bonds is 3. The van der Waals surface area contributed by atoms with Gasteiger partial charge >= 0.3 is 0 Å². The van der Waals surface area contributed by atoms with Gasteiger partial charge in [-0.25, -0.2) is 4.98 Å². The van der Waals surface area contributed by atoms with Crippen molar-refractivity contribution >= 4 is 39.6 Å². The topological polar surface area (TPSA) is 73.6 Å². The number of fused-ring (bicyclic) bond motifs is 2. The SMILES string of the molecule is CNC(=O)c1cccc2c(Sc3nc4ccccc4[nH]3)c[nH]c12. The standard InChI is InChI=1S/C17H14N4OS/c1-18-16(22)11-6-4-5-10-14(9-19-15(10)11)23-17-20-12-7-2-3-8-13(12)21-17/h2-9,19H,1H3,(H,18,22)(H,20,21). The van der Waals surface area contributed by atoms with Crippen molar-refractivity contribution in [3.8, 4) is 0 Å². The Labute approximate surface area is 136 Å². The summed E-state index contributed by atoms with van der Waals surface area (Å²) in [6.45, 7) is 0. The highest BCUT2D eigenvalue weighted by Crippen LogP contribution is 2.34. The maximum Gasteiger partial charge on any atom is 0.253 e. The molecule has 23 heavy (non-hydrogen) atoms. The lowest BCUT2D eigenvalue weighted by atomic mass is 10.1. The number of carbonyl (C=O) groups is 1. The van der Waals surface area contributed by atoms with Gasteiger partial charge in [0.05, 0.1) is 22.1 Å². The van der Waals surface area contributed by atoms with Crippen molar-refractivity contribution in [3.05, 3.63) is 54.2 Å². The highest BCUT2D eigenvalue weighted by Gasteiger charge is 2.14. The molecule has 5 nitrogen and oxygen atoms in total. The summed E-state index contributed by atoms with van der Waals surface area (Å²) in [5.41, 5.74) is 3.44. The van der Waals surface area contributed by atoms with Crippen LogP contribution in [0.4, 0.5) is 0 Å². The molecule has 0 aliphatic carbocycles. The summed E-state index contributed by atoms with van der Waals surface area (Å²) in [5.74, 6) is -0.0993. The molecule has 2 aromatic heterocycles. The fraction of sp³-hybridized carbons (Fsp3) is 0.0588. The van der Waals surface area contributed by atoms with Crippen molar-refractivity contribution < 1.29 is 4.79 Å². The van der Waals surface area contributed by atoms with E-state index in [0.29, 0.717) is 5.56 Å². The predicted octanol–water partition coefficient (Wildman–Crippen LogP) is 3.56. The molecule has 0 bridgehead atoms. The Morgan fingerprint density at radius 3 is 2.87 bits per heavy atom. The van der Waals surface area contributed by atoms with E-state index in [1.807, 2.05) is 48.7 Å². The number of imidazole rings is 1. The Kier molecular flexibility index (Phi) is 3.31. The van der Waals surface area contributed by atoms with Crippen LogP contribution in [0.25, 0.3) is 21.9 Å². The molecule has 0 saturated carbocycles. The van der Waals surface area contributed by atoms with Crippen LogP contribution in [0.15, 0.2) is 58.7 Å². The lowest BCUT2D eigenvalue weighted by Crippen LogP contribution is -2.17. The smallest absolute Gasteiger partial charge is 0.253 e. The van der Waals surface area contributed by atoms with Gasteiger partial charge in [-0.2, -0.15) is 0 Å². The van der Waals surface area contributed by atoms with E-state index in [0.717, 1.165) is 32.0 Å². The summed E-state index contributed by atoms with van der Waals surface area (Å²) >= 11 is 1.55. The number of carbonyl (C=O) groups excluding carboxylic acids is 1. The van der Waals surface area contributed by atoms with Crippen LogP contribution in [0.3, 0.4) is 0 Å². The zero-order chi connectivity index (χ0) is 15.8. The highest BCUT2D eigenvalue weighted by atomic mass is 32.2. The van der Waals surface area contributed by atoms with Gasteiger partial charge in [0.1, 0.15) is 0 Å². The Balaban J connectivity index is 1.76. The molecule has 2 heterocycles. The average Bonchev–Trinajstić information content (AvgIpc) is 3.18. The second-order valence-electron chi connectivity index (χ2n) is 5.12. The van der Waals surface area contributed by atoms with E-state index in [1.165, 1.54) is 0 Å². The van der Waals surface area contributed by atoms with Crippen LogP contribution in [-0.4, -0.2) is 27.9 Å². The molecular weight excluding hydrogens is 308 g/mol. The number of H-pyrrole nitrogens is 2. The van der Waals surface area contributed by atoms with Gasteiger partial charge < -0.3 is 15.3 Å². The van der Waals surface area contributed by atoms with Crippen molar-refractivity contribution in [2.75, 3.05) is 7.05 Å². The largest absolute Gasteiger partial charge is 0.359 e. The van der Waals surface area contributed by atoms with E-state index in [2.05, 4.69) is 20.3 Å². The fourth-order valence-electron chi connectivity index (χ4n) is 2.62. The molecule has 0 spiro atoms.